The van der Waals surface area contributed by atoms with Gasteiger partial charge in [-0.1, -0.05) is 43.0 Å². The first-order valence-electron chi connectivity index (χ1n) is 13.6. The standard InChI is InChI=1S/C32H34FN5O2/c1-2-31(40)34-25-10-5-9-24(21-25)27-11-6-8-23-7-3-4-12-30(36-32(23)27)35-29-14-13-26(22-28(29)33)38-17-15-37(16-18-38)19-20-39/h2,5-14,21-22,35,39H,1,3-4,15-20H2,(H,34,40)/b23-7-,30-12-,36-32+. The molecular weight excluding hydrogens is 505 g/mol. The summed E-state index contributed by atoms with van der Waals surface area (Å²) in [6, 6.07) is 18.9. The summed E-state index contributed by atoms with van der Waals surface area (Å²) in [6.45, 7) is 7.61. The number of β-amino-alcohol motifs (C(OH)–C–C–N with tert-alkyl or cyclic N) is 1. The highest BCUT2D eigenvalue weighted by molar-refractivity contribution is 5.99. The second kappa shape index (κ2) is 12.7. The van der Waals surface area contributed by atoms with Crippen LogP contribution in [0.15, 0.2) is 90.2 Å². The molecule has 0 unspecified atom stereocenters. The lowest BCUT2D eigenvalue weighted by atomic mass is 10.0. The number of hydrogen-bond acceptors (Lipinski definition) is 6. The quantitative estimate of drug-likeness (QED) is 0.379. The molecule has 8 heteroatoms. The minimum Gasteiger partial charge on any atom is -0.395 e. The molecule has 0 saturated carbocycles. The van der Waals surface area contributed by atoms with E-state index in [1.807, 2.05) is 54.6 Å². The van der Waals surface area contributed by atoms with Gasteiger partial charge in [0.25, 0.3) is 0 Å². The fraction of sp³-hybridized carbons (Fsp3) is 0.250. The topological polar surface area (TPSA) is 80.2 Å². The molecule has 1 saturated heterocycles. The maximum absolute atomic E-state index is 15.3. The van der Waals surface area contributed by atoms with E-state index in [4.69, 9.17) is 10.1 Å². The number of allylic oxidation sites excluding steroid dienone is 1. The van der Waals surface area contributed by atoms with Crippen LogP contribution in [0.5, 0.6) is 0 Å². The molecule has 0 spiro atoms. The van der Waals surface area contributed by atoms with Crippen LogP contribution in [0.4, 0.5) is 21.5 Å². The van der Waals surface area contributed by atoms with Gasteiger partial charge in [-0.2, -0.15) is 0 Å². The van der Waals surface area contributed by atoms with Crippen molar-refractivity contribution in [2.24, 2.45) is 4.99 Å². The number of piperazine rings is 1. The molecule has 0 radical (unpaired) electrons. The Morgan fingerprint density at radius 3 is 2.60 bits per heavy atom. The Hall–Kier alpha value is -4.27. The zero-order chi connectivity index (χ0) is 27.9. The van der Waals surface area contributed by atoms with E-state index in [0.717, 1.165) is 66.4 Å². The number of amides is 1. The van der Waals surface area contributed by atoms with E-state index >= 15 is 4.39 Å². The van der Waals surface area contributed by atoms with Crippen LogP contribution >= 0.6 is 0 Å². The predicted molar refractivity (Wildman–Crippen MR) is 159 cm³/mol. The summed E-state index contributed by atoms with van der Waals surface area (Å²) in [7, 11) is 0. The minimum absolute atomic E-state index is 0.153. The predicted octanol–water partition coefficient (Wildman–Crippen LogP) is 3.88. The molecule has 3 aromatic rings. The van der Waals surface area contributed by atoms with Crippen LogP contribution in [0.3, 0.4) is 0 Å². The van der Waals surface area contributed by atoms with Crippen molar-refractivity contribution in [2.45, 2.75) is 12.8 Å². The highest BCUT2D eigenvalue weighted by Gasteiger charge is 2.18. The summed E-state index contributed by atoms with van der Waals surface area (Å²) < 4.78 is 15.3. The molecule has 3 aromatic carbocycles. The number of hydrogen-bond donors (Lipinski definition) is 3. The van der Waals surface area contributed by atoms with Crippen LogP contribution < -0.4 is 26.1 Å². The van der Waals surface area contributed by atoms with Crippen LogP contribution in [0.1, 0.15) is 12.8 Å². The van der Waals surface area contributed by atoms with Gasteiger partial charge in [0, 0.05) is 49.7 Å². The second-order valence-corrected chi connectivity index (χ2v) is 9.84. The third-order valence-corrected chi connectivity index (χ3v) is 7.16. The van der Waals surface area contributed by atoms with Crippen molar-refractivity contribution in [1.29, 1.82) is 0 Å². The minimum atomic E-state index is -0.334. The lowest BCUT2D eigenvalue weighted by Gasteiger charge is -2.35. The summed E-state index contributed by atoms with van der Waals surface area (Å²) in [6.07, 6.45) is 6.99. The molecule has 0 atom stereocenters. The van der Waals surface area contributed by atoms with Crippen LogP contribution in [0, 0.1) is 5.82 Å². The first kappa shape index (κ1) is 27.3. The number of benzene rings is 3. The number of fused-ring (bicyclic) bond motifs is 1. The van der Waals surface area contributed by atoms with Crippen LogP contribution in [0.2, 0.25) is 0 Å². The number of anilines is 3. The molecule has 0 bridgehead atoms. The molecule has 3 N–H and O–H groups in total. The van der Waals surface area contributed by atoms with Gasteiger partial charge in [0.1, 0.15) is 11.6 Å². The molecule has 0 aliphatic carbocycles. The number of aliphatic hydroxyl groups excluding tert-OH is 1. The van der Waals surface area contributed by atoms with Gasteiger partial charge < -0.3 is 20.6 Å². The fourth-order valence-corrected chi connectivity index (χ4v) is 5.06. The lowest BCUT2D eigenvalue weighted by Crippen LogP contribution is -2.47. The Balaban J connectivity index is 1.42. The van der Waals surface area contributed by atoms with Crippen molar-refractivity contribution in [3.63, 3.8) is 0 Å². The molecule has 1 fully saturated rings. The zero-order valence-corrected chi connectivity index (χ0v) is 22.4. The normalized spacial score (nSPS) is 18.4. The third kappa shape index (κ3) is 6.47. The zero-order valence-electron chi connectivity index (χ0n) is 22.4. The van der Waals surface area contributed by atoms with E-state index < -0.39 is 0 Å². The molecule has 1 amide bonds. The number of nitrogens with one attached hydrogen (secondary N) is 2. The van der Waals surface area contributed by atoms with Gasteiger partial charge in [0.15, 0.2) is 0 Å². The molecule has 5 rings (SSSR count). The van der Waals surface area contributed by atoms with Crippen molar-refractivity contribution >= 4 is 29.0 Å². The number of para-hydroxylation sites is 1. The number of carbonyl (C=O) groups excluding carboxylic acids is 1. The number of halogens is 1. The molecular formula is C32H34FN5O2. The van der Waals surface area contributed by atoms with Gasteiger partial charge in [0.05, 0.1) is 17.7 Å². The van der Waals surface area contributed by atoms with Gasteiger partial charge in [0.2, 0.25) is 5.91 Å². The summed E-state index contributed by atoms with van der Waals surface area (Å²) in [5.41, 5.74) is 3.71. The smallest absolute Gasteiger partial charge is 0.247 e. The van der Waals surface area contributed by atoms with E-state index in [1.165, 1.54) is 6.08 Å². The van der Waals surface area contributed by atoms with Crippen LogP contribution in [-0.4, -0.2) is 55.2 Å². The summed E-state index contributed by atoms with van der Waals surface area (Å²) in [5, 5.41) is 17.0. The van der Waals surface area contributed by atoms with Gasteiger partial charge in [-0.3, -0.25) is 9.69 Å². The molecule has 2 heterocycles. The SMILES string of the molecule is C=CC(=O)Nc1cccc(-c2cccc3/c2=N\C(Nc2ccc(N4CCN(CCO)CC4)cc2F)=C/CC\C=3)c1. The van der Waals surface area contributed by atoms with Crippen molar-refractivity contribution < 1.29 is 14.3 Å². The van der Waals surface area contributed by atoms with Crippen LogP contribution in [0.25, 0.3) is 17.2 Å². The van der Waals surface area contributed by atoms with Gasteiger partial charge in [-0.25, -0.2) is 9.38 Å². The average Bonchev–Trinajstić information content (AvgIpc) is 2.96. The molecule has 206 valence electrons. The Kier molecular flexibility index (Phi) is 8.68. The van der Waals surface area contributed by atoms with Crippen molar-refractivity contribution in [3.05, 3.63) is 102 Å². The maximum atomic E-state index is 15.3. The van der Waals surface area contributed by atoms with Crippen LogP contribution in [-0.2, 0) is 4.79 Å². The monoisotopic (exact) mass is 539 g/mol. The van der Waals surface area contributed by atoms with Crippen molar-refractivity contribution in [3.8, 4) is 11.1 Å². The molecule has 2 aliphatic heterocycles. The number of aliphatic hydroxyl groups is 1. The Labute approximate surface area is 233 Å². The highest BCUT2D eigenvalue weighted by atomic mass is 19.1. The first-order valence-corrected chi connectivity index (χ1v) is 13.6. The fourth-order valence-electron chi connectivity index (χ4n) is 5.06. The second-order valence-electron chi connectivity index (χ2n) is 9.84. The van der Waals surface area contributed by atoms with Gasteiger partial charge in [-0.15, -0.1) is 0 Å². The Bertz CT molecular complexity index is 1540. The van der Waals surface area contributed by atoms with E-state index in [0.29, 0.717) is 23.7 Å². The third-order valence-electron chi connectivity index (χ3n) is 7.16. The molecule has 40 heavy (non-hydrogen) atoms. The van der Waals surface area contributed by atoms with Gasteiger partial charge in [-0.05, 0) is 66.1 Å². The Morgan fingerprint density at radius 1 is 1.02 bits per heavy atom. The largest absolute Gasteiger partial charge is 0.395 e. The van der Waals surface area contributed by atoms with E-state index in [2.05, 4.69) is 33.1 Å². The summed E-state index contributed by atoms with van der Waals surface area (Å²) >= 11 is 0. The highest BCUT2D eigenvalue weighted by Crippen LogP contribution is 2.25. The van der Waals surface area contributed by atoms with E-state index in [9.17, 15) is 4.79 Å². The van der Waals surface area contributed by atoms with Crippen molar-refractivity contribution in [1.82, 2.24) is 4.90 Å². The van der Waals surface area contributed by atoms with E-state index in [1.54, 1.807) is 12.1 Å². The number of rotatable bonds is 8. The van der Waals surface area contributed by atoms with Gasteiger partial charge >= 0.3 is 0 Å². The number of nitrogens with zero attached hydrogens (tertiary/aromatic N) is 3. The maximum Gasteiger partial charge on any atom is 0.247 e. The summed E-state index contributed by atoms with van der Waals surface area (Å²) in [4.78, 5) is 21.2. The molecule has 7 nitrogen and oxygen atoms in total. The molecule has 0 aromatic heterocycles. The average molecular weight is 540 g/mol. The Morgan fingerprint density at radius 2 is 1.82 bits per heavy atom. The summed E-state index contributed by atoms with van der Waals surface area (Å²) in [5.74, 6) is -0.0219. The van der Waals surface area contributed by atoms with Crippen molar-refractivity contribution in [2.75, 3.05) is 54.9 Å². The molecule has 2 aliphatic rings. The lowest BCUT2D eigenvalue weighted by molar-refractivity contribution is -0.111. The number of carbonyl (C=O) groups is 1. The van der Waals surface area contributed by atoms with E-state index in [-0.39, 0.29) is 18.3 Å². The first-order chi connectivity index (χ1) is 19.5.